The lowest BCUT2D eigenvalue weighted by Gasteiger charge is -2.20. The predicted octanol–water partition coefficient (Wildman–Crippen LogP) is 4.62. The molecule has 2 N–H and O–H groups in total. The summed E-state index contributed by atoms with van der Waals surface area (Å²) in [5.41, 5.74) is 5.09. The third kappa shape index (κ3) is 4.89. The highest BCUT2D eigenvalue weighted by Crippen LogP contribution is 2.35. The molecule has 0 bridgehead atoms. The van der Waals surface area contributed by atoms with Crippen LogP contribution in [-0.2, 0) is 0 Å². The third-order valence-corrected chi connectivity index (χ3v) is 4.60. The fourth-order valence-electron chi connectivity index (χ4n) is 3.28. The topological polar surface area (TPSA) is 41.5 Å². The van der Waals surface area contributed by atoms with E-state index in [1.54, 1.807) is 0 Å². The minimum absolute atomic E-state index is 0.607. The Kier molecular flexibility index (Phi) is 7.01. The maximum absolute atomic E-state index is 10.7. The van der Waals surface area contributed by atoms with Gasteiger partial charge in [-0.2, -0.15) is 0 Å². The zero-order valence-electron chi connectivity index (χ0n) is 16.4. The quantitative estimate of drug-likeness (QED) is 0.447. The van der Waals surface area contributed by atoms with Crippen LogP contribution in [0, 0.1) is 0 Å². The highest BCUT2D eigenvalue weighted by Gasteiger charge is 2.17. The maximum Gasteiger partial charge on any atom is 0.119 e. The number of hydrogen-bond donors (Lipinski definition) is 2. The molecule has 1 atom stereocenters. The summed E-state index contributed by atoms with van der Waals surface area (Å²) in [5, 5.41) is 13.7. The van der Waals surface area contributed by atoms with Crippen LogP contribution in [0.25, 0.3) is 11.1 Å². The molecule has 0 spiro atoms. The van der Waals surface area contributed by atoms with Gasteiger partial charge >= 0.3 is 0 Å². The zero-order valence-corrected chi connectivity index (χ0v) is 16.4. The number of ether oxygens (including phenoxy) is 1. The molecule has 0 saturated carbocycles. The van der Waals surface area contributed by atoms with E-state index in [-0.39, 0.29) is 0 Å². The first kappa shape index (κ1) is 19.9. The van der Waals surface area contributed by atoms with Crippen LogP contribution in [0.5, 0.6) is 5.75 Å². The minimum Gasteiger partial charge on any atom is -0.492 e. The van der Waals surface area contributed by atoms with Gasteiger partial charge in [0.15, 0.2) is 0 Å². The zero-order chi connectivity index (χ0) is 19.8. The van der Waals surface area contributed by atoms with E-state index in [9.17, 15) is 5.11 Å². The Balaban J connectivity index is 2.10. The van der Waals surface area contributed by atoms with Crippen molar-refractivity contribution < 1.29 is 9.84 Å². The number of likely N-dealkylation sites (N-methyl/N-ethyl adjacent to an activating group) is 1. The van der Waals surface area contributed by atoms with E-state index in [2.05, 4.69) is 29.6 Å². The van der Waals surface area contributed by atoms with Gasteiger partial charge in [-0.3, -0.25) is 0 Å². The Morgan fingerprint density at radius 3 is 1.89 bits per heavy atom. The number of nitrogens with one attached hydrogen (secondary N) is 1. The fourth-order valence-corrected chi connectivity index (χ4v) is 3.28. The van der Waals surface area contributed by atoms with Gasteiger partial charge in [0.25, 0.3) is 0 Å². The van der Waals surface area contributed by atoms with Crippen LogP contribution in [0.4, 0.5) is 0 Å². The molecular formula is C25H27NO2. The molecule has 3 aromatic rings. The fraction of sp³-hybridized carbons (Fsp3) is 0.200. The van der Waals surface area contributed by atoms with Crippen molar-refractivity contribution >= 4 is 11.1 Å². The molecule has 3 aromatic carbocycles. The van der Waals surface area contributed by atoms with Crippen molar-refractivity contribution in [3.05, 3.63) is 102 Å². The molecule has 0 radical (unpaired) electrons. The normalized spacial score (nSPS) is 13.0. The maximum atomic E-state index is 10.7. The first-order valence-corrected chi connectivity index (χ1v) is 9.61. The van der Waals surface area contributed by atoms with Gasteiger partial charge in [0.1, 0.15) is 12.4 Å². The van der Waals surface area contributed by atoms with Crippen LogP contribution in [0.2, 0.25) is 0 Å². The van der Waals surface area contributed by atoms with Crippen molar-refractivity contribution in [3.8, 4) is 5.75 Å². The van der Waals surface area contributed by atoms with Gasteiger partial charge in [-0.1, -0.05) is 72.8 Å². The van der Waals surface area contributed by atoms with E-state index >= 15 is 0 Å². The summed E-state index contributed by atoms with van der Waals surface area (Å²) >= 11 is 0. The summed E-state index contributed by atoms with van der Waals surface area (Å²) in [6.45, 7) is 3.25. The molecule has 0 aliphatic heterocycles. The second kappa shape index (κ2) is 9.88. The minimum atomic E-state index is -0.607. The molecule has 3 rings (SSSR count). The SMILES string of the molecule is CNCCOc1ccc(C(=C(c2ccccc2)C(C)O)c2ccccc2)cc1. The van der Waals surface area contributed by atoms with Crippen LogP contribution in [0.1, 0.15) is 23.6 Å². The first-order chi connectivity index (χ1) is 13.7. The molecule has 0 aromatic heterocycles. The van der Waals surface area contributed by atoms with Crippen molar-refractivity contribution in [2.24, 2.45) is 0 Å². The molecule has 0 saturated heterocycles. The van der Waals surface area contributed by atoms with Crippen molar-refractivity contribution in [1.82, 2.24) is 5.32 Å². The van der Waals surface area contributed by atoms with Gasteiger partial charge in [-0.05, 0) is 53.9 Å². The second-order valence-corrected chi connectivity index (χ2v) is 6.67. The average molecular weight is 373 g/mol. The van der Waals surface area contributed by atoms with Crippen molar-refractivity contribution in [2.45, 2.75) is 13.0 Å². The van der Waals surface area contributed by atoms with Gasteiger partial charge in [0.2, 0.25) is 0 Å². The van der Waals surface area contributed by atoms with E-state index in [1.807, 2.05) is 74.6 Å². The number of rotatable bonds is 8. The van der Waals surface area contributed by atoms with Gasteiger partial charge < -0.3 is 15.2 Å². The number of hydrogen-bond acceptors (Lipinski definition) is 3. The van der Waals surface area contributed by atoms with E-state index in [0.29, 0.717) is 6.61 Å². The molecule has 28 heavy (non-hydrogen) atoms. The number of aliphatic hydroxyl groups is 1. The van der Waals surface area contributed by atoms with E-state index in [1.165, 1.54) is 0 Å². The standard InChI is InChI=1S/C25H27NO2/c1-19(27)24(20-9-5-3-6-10-20)25(21-11-7-4-8-12-21)22-13-15-23(16-14-22)28-18-17-26-2/h3-16,19,26-27H,17-18H2,1-2H3. The first-order valence-electron chi connectivity index (χ1n) is 9.61. The molecule has 0 heterocycles. The van der Waals surface area contributed by atoms with E-state index < -0.39 is 6.10 Å². The molecular weight excluding hydrogens is 346 g/mol. The molecule has 3 nitrogen and oxygen atoms in total. The molecule has 1 unspecified atom stereocenters. The van der Waals surface area contributed by atoms with Gasteiger partial charge in [-0.25, -0.2) is 0 Å². The number of benzene rings is 3. The molecule has 0 amide bonds. The van der Waals surface area contributed by atoms with Crippen LogP contribution < -0.4 is 10.1 Å². The third-order valence-electron chi connectivity index (χ3n) is 4.60. The summed E-state index contributed by atoms with van der Waals surface area (Å²) in [6.07, 6.45) is -0.607. The lowest BCUT2D eigenvalue weighted by Crippen LogP contribution is -2.15. The monoisotopic (exact) mass is 373 g/mol. The van der Waals surface area contributed by atoms with Gasteiger partial charge in [0.05, 0.1) is 6.10 Å². The summed E-state index contributed by atoms with van der Waals surface area (Å²) in [7, 11) is 1.91. The van der Waals surface area contributed by atoms with Crippen molar-refractivity contribution in [1.29, 1.82) is 0 Å². The Bertz CT molecular complexity index is 885. The lowest BCUT2D eigenvalue weighted by molar-refractivity contribution is 0.253. The highest BCUT2D eigenvalue weighted by molar-refractivity contribution is 5.99. The summed E-state index contributed by atoms with van der Waals surface area (Å²) < 4.78 is 5.75. The second-order valence-electron chi connectivity index (χ2n) is 6.67. The van der Waals surface area contributed by atoms with Crippen molar-refractivity contribution in [3.63, 3.8) is 0 Å². The Labute approximate surface area is 167 Å². The van der Waals surface area contributed by atoms with Crippen LogP contribution in [0.3, 0.4) is 0 Å². The molecule has 144 valence electrons. The Hall–Kier alpha value is -2.88. The van der Waals surface area contributed by atoms with Gasteiger partial charge in [0, 0.05) is 6.54 Å². The molecule has 3 heteroatoms. The summed E-state index contributed by atoms with van der Waals surface area (Å²) in [6, 6.07) is 28.4. The number of aliphatic hydroxyl groups excluding tert-OH is 1. The van der Waals surface area contributed by atoms with Crippen molar-refractivity contribution in [2.75, 3.05) is 20.2 Å². The van der Waals surface area contributed by atoms with E-state index in [4.69, 9.17) is 4.74 Å². The highest BCUT2D eigenvalue weighted by atomic mass is 16.5. The van der Waals surface area contributed by atoms with Crippen LogP contribution in [0.15, 0.2) is 84.9 Å². The Morgan fingerprint density at radius 2 is 1.36 bits per heavy atom. The van der Waals surface area contributed by atoms with Crippen LogP contribution in [-0.4, -0.2) is 31.4 Å². The van der Waals surface area contributed by atoms with Gasteiger partial charge in [-0.15, -0.1) is 0 Å². The molecule has 0 aliphatic rings. The van der Waals surface area contributed by atoms with Crippen LogP contribution >= 0.6 is 0 Å². The summed E-state index contributed by atoms with van der Waals surface area (Å²) in [5.74, 6) is 0.838. The van der Waals surface area contributed by atoms with E-state index in [0.717, 1.165) is 40.1 Å². The molecule has 0 fully saturated rings. The average Bonchev–Trinajstić information content (AvgIpc) is 2.74. The largest absolute Gasteiger partial charge is 0.492 e. The summed E-state index contributed by atoms with van der Waals surface area (Å²) in [4.78, 5) is 0. The Morgan fingerprint density at radius 1 is 0.821 bits per heavy atom. The predicted molar refractivity (Wildman–Crippen MR) is 116 cm³/mol. The lowest BCUT2D eigenvalue weighted by atomic mass is 9.87. The molecule has 0 aliphatic carbocycles. The smallest absolute Gasteiger partial charge is 0.119 e.